The number of aryl methyl sites for hydroxylation is 1. The van der Waals surface area contributed by atoms with Crippen LogP contribution in [-0.4, -0.2) is 30.4 Å². The first kappa shape index (κ1) is 18.0. The summed E-state index contributed by atoms with van der Waals surface area (Å²) >= 11 is 6.21. The van der Waals surface area contributed by atoms with Crippen LogP contribution >= 0.6 is 11.6 Å². The standard InChI is InChI=1S/C19H20ClNO3/c1-14-7-3-5-9-16(14)19(23)21(12-11-18(22)24-2)13-15-8-4-6-10-17(15)20/h3-10H,11-13H2,1-2H3. The van der Waals surface area contributed by atoms with E-state index in [1.165, 1.54) is 7.11 Å². The van der Waals surface area contributed by atoms with Crippen molar-refractivity contribution >= 4 is 23.5 Å². The van der Waals surface area contributed by atoms with Gasteiger partial charge in [-0.25, -0.2) is 0 Å². The largest absolute Gasteiger partial charge is 0.469 e. The predicted octanol–water partition coefficient (Wildman–Crippen LogP) is 3.85. The summed E-state index contributed by atoms with van der Waals surface area (Å²) in [5.41, 5.74) is 2.35. The first-order valence-corrected chi connectivity index (χ1v) is 8.06. The number of ether oxygens (including phenoxy) is 1. The molecule has 0 aliphatic heterocycles. The lowest BCUT2D eigenvalue weighted by atomic mass is 10.1. The third-order valence-corrected chi connectivity index (χ3v) is 4.16. The van der Waals surface area contributed by atoms with Crippen molar-refractivity contribution in [2.24, 2.45) is 0 Å². The van der Waals surface area contributed by atoms with Gasteiger partial charge in [0.15, 0.2) is 0 Å². The number of benzene rings is 2. The molecule has 1 amide bonds. The van der Waals surface area contributed by atoms with Gasteiger partial charge >= 0.3 is 5.97 Å². The molecule has 0 radical (unpaired) electrons. The van der Waals surface area contributed by atoms with Gasteiger partial charge in [-0.15, -0.1) is 0 Å². The SMILES string of the molecule is COC(=O)CCN(Cc1ccccc1Cl)C(=O)c1ccccc1C. The number of methoxy groups -OCH3 is 1. The lowest BCUT2D eigenvalue weighted by Crippen LogP contribution is -2.33. The second-order valence-electron chi connectivity index (χ2n) is 5.46. The fourth-order valence-corrected chi connectivity index (χ4v) is 2.59. The number of halogens is 1. The highest BCUT2D eigenvalue weighted by molar-refractivity contribution is 6.31. The molecule has 0 saturated heterocycles. The number of esters is 1. The van der Waals surface area contributed by atoms with Crippen molar-refractivity contribution in [2.75, 3.05) is 13.7 Å². The number of carbonyl (C=O) groups excluding carboxylic acids is 2. The topological polar surface area (TPSA) is 46.6 Å². The van der Waals surface area contributed by atoms with E-state index in [1.54, 1.807) is 17.0 Å². The van der Waals surface area contributed by atoms with E-state index in [4.69, 9.17) is 11.6 Å². The average molecular weight is 346 g/mol. The zero-order valence-electron chi connectivity index (χ0n) is 13.8. The number of nitrogens with zero attached hydrogens (tertiary/aromatic N) is 1. The van der Waals surface area contributed by atoms with Crippen LogP contribution in [0, 0.1) is 6.92 Å². The first-order chi connectivity index (χ1) is 11.5. The van der Waals surface area contributed by atoms with Gasteiger partial charge in [0, 0.05) is 23.7 Å². The van der Waals surface area contributed by atoms with E-state index in [0.29, 0.717) is 17.1 Å². The van der Waals surface area contributed by atoms with Gasteiger partial charge in [-0.05, 0) is 30.2 Å². The summed E-state index contributed by atoms with van der Waals surface area (Å²) in [5, 5.41) is 0.596. The highest BCUT2D eigenvalue weighted by atomic mass is 35.5. The van der Waals surface area contributed by atoms with Gasteiger partial charge < -0.3 is 9.64 Å². The minimum absolute atomic E-state index is 0.128. The summed E-state index contributed by atoms with van der Waals surface area (Å²) < 4.78 is 4.68. The molecule has 126 valence electrons. The highest BCUT2D eigenvalue weighted by Gasteiger charge is 2.19. The quantitative estimate of drug-likeness (QED) is 0.747. The van der Waals surface area contributed by atoms with Gasteiger partial charge in [-0.1, -0.05) is 48.0 Å². The molecule has 0 aliphatic rings. The second kappa shape index (κ2) is 8.50. The van der Waals surface area contributed by atoms with Crippen LogP contribution in [0.25, 0.3) is 0 Å². The number of hydrogen-bond donors (Lipinski definition) is 0. The third kappa shape index (κ3) is 4.59. The van der Waals surface area contributed by atoms with Crippen molar-refractivity contribution in [3.63, 3.8) is 0 Å². The molecular weight excluding hydrogens is 326 g/mol. The Labute approximate surface area is 147 Å². The van der Waals surface area contributed by atoms with Crippen LogP contribution in [0.5, 0.6) is 0 Å². The Kier molecular flexibility index (Phi) is 6.38. The molecule has 2 aromatic rings. The molecule has 0 N–H and O–H groups in total. The number of hydrogen-bond acceptors (Lipinski definition) is 3. The summed E-state index contributed by atoms with van der Waals surface area (Å²) in [6.07, 6.45) is 0.137. The minimum atomic E-state index is -0.350. The molecule has 24 heavy (non-hydrogen) atoms. The molecule has 0 unspecified atom stereocenters. The summed E-state index contributed by atoms with van der Waals surface area (Å²) in [6, 6.07) is 14.8. The average Bonchev–Trinajstić information content (AvgIpc) is 2.59. The van der Waals surface area contributed by atoms with E-state index in [2.05, 4.69) is 4.74 Å². The first-order valence-electron chi connectivity index (χ1n) is 7.68. The molecule has 0 saturated carbocycles. The Bertz CT molecular complexity index is 730. The van der Waals surface area contributed by atoms with Crippen LogP contribution in [0.2, 0.25) is 5.02 Å². The molecule has 0 heterocycles. The monoisotopic (exact) mass is 345 g/mol. The summed E-state index contributed by atoms with van der Waals surface area (Å²) in [5.74, 6) is -0.478. The molecule has 2 rings (SSSR count). The molecule has 0 spiro atoms. The van der Waals surface area contributed by atoms with E-state index >= 15 is 0 Å². The number of rotatable bonds is 6. The smallest absolute Gasteiger partial charge is 0.307 e. The van der Waals surface area contributed by atoms with Crippen molar-refractivity contribution < 1.29 is 14.3 Å². The zero-order chi connectivity index (χ0) is 17.5. The van der Waals surface area contributed by atoms with E-state index in [-0.39, 0.29) is 24.8 Å². The van der Waals surface area contributed by atoms with Gasteiger partial charge in [0.2, 0.25) is 0 Å². The van der Waals surface area contributed by atoms with Gasteiger partial charge in [-0.3, -0.25) is 9.59 Å². The van der Waals surface area contributed by atoms with E-state index in [1.807, 2.05) is 43.3 Å². The van der Waals surface area contributed by atoms with Gasteiger partial charge in [0.05, 0.1) is 13.5 Å². The van der Waals surface area contributed by atoms with Crippen LogP contribution in [0.3, 0.4) is 0 Å². The molecule has 0 fully saturated rings. The van der Waals surface area contributed by atoms with Crippen molar-refractivity contribution in [1.82, 2.24) is 4.90 Å². The van der Waals surface area contributed by atoms with E-state index < -0.39 is 0 Å². The Morgan fingerprint density at radius 3 is 2.42 bits per heavy atom. The summed E-state index contributed by atoms with van der Waals surface area (Å²) in [7, 11) is 1.34. The van der Waals surface area contributed by atoms with Gasteiger partial charge in [0.1, 0.15) is 0 Å². The maximum absolute atomic E-state index is 12.9. The fourth-order valence-electron chi connectivity index (χ4n) is 2.40. The molecule has 0 aromatic heterocycles. The predicted molar refractivity (Wildman–Crippen MR) is 94.0 cm³/mol. The molecule has 4 nitrogen and oxygen atoms in total. The Morgan fingerprint density at radius 1 is 1.08 bits per heavy atom. The Hall–Kier alpha value is -2.33. The van der Waals surface area contributed by atoms with Crippen molar-refractivity contribution in [3.8, 4) is 0 Å². The molecule has 0 aliphatic carbocycles. The highest BCUT2D eigenvalue weighted by Crippen LogP contribution is 2.19. The van der Waals surface area contributed by atoms with Crippen LogP contribution in [-0.2, 0) is 16.1 Å². The normalized spacial score (nSPS) is 10.3. The fraction of sp³-hybridized carbons (Fsp3) is 0.263. The van der Waals surface area contributed by atoms with Crippen LogP contribution < -0.4 is 0 Å². The maximum atomic E-state index is 12.9. The zero-order valence-corrected chi connectivity index (χ0v) is 14.5. The van der Waals surface area contributed by atoms with Gasteiger partial charge in [0.25, 0.3) is 5.91 Å². The third-order valence-electron chi connectivity index (χ3n) is 3.80. The Morgan fingerprint density at radius 2 is 1.75 bits per heavy atom. The molecule has 0 bridgehead atoms. The van der Waals surface area contributed by atoms with Gasteiger partial charge in [-0.2, -0.15) is 0 Å². The van der Waals surface area contributed by atoms with E-state index in [0.717, 1.165) is 11.1 Å². The van der Waals surface area contributed by atoms with Crippen molar-refractivity contribution in [1.29, 1.82) is 0 Å². The summed E-state index contributed by atoms with van der Waals surface area (Å²) in [6.45, 7) is 2.50. The number of carbonyl (C=O) groups is 2. The van der Waals surface area contributed by atoms with E-state index in [9.17, 15) is 9.59 Å². The van der Waals surface area contributed by atoms with Crippen LogP contribution in [0.1, 0.15) is 27.9 Å². The lowest BCUT2D eigenvalue weighted by Gasteiger charge is -2.24. The molecule has 2 aromatic carbocycles. The van der Waals surface area contributed by atoms with Crippen molar-refractivity contribution in [2.45, 2.75) is 19.9 Å². The lowest BCUT2D eigenvalue weighted by molar-refractivity contribution is -0.140. The maximum Gasteiger partial charge on any atom is 0.307 e. The Balaban J connectivity index is 2.25. The molecule has 0 atom stereocenters. The number of amides is 1. The molecule has 5 heteroatoms. The summed E-state index contributed by atoms with van der Waals surface area (Å²) in [4.78, 5) is 26.0. The van der Waals surface area contributed by atoms with Crippen LogP contribution in [0.4, 0.5) is 0 Å². The minimum Gasteiger partial charge on any atom is -0.469 e. The van der Waals surface area contributed by atoms with Crippen molar-refractivity contribution in [3.05, 3.63) is 70.2 Å². The molecular formula is C19H20ClNO3. The van der Waals surface area contributed by atoms with Crippen LogP contribution in [0.15, 0.2) is 48.5 Å². The second-order valence-corrected chi connectivity index (χ2v) is 5.87.